The molecule has 0 bridgehead atoms. The molecule has 8 heteroatoms. The monoisotopic (exact) mass is 485 g/mol. The molecule has 0 saturated carbocycles. The molecule has 2 aromatic rings. The predicted molar refractivity (Wildman–Crippen MR) is 130 cm³/mol. The van der Waals surface area contributed by atoms with Gasteiger partial charge in [0.15, 0.2) is 7.98 Å². The van der Waals surface area contributed by atoms with Crippen molar-refractivity contribution in [1.29, 1.82) is 0 Å². The summed E-state index contributed by atoms with van der Waals surface area (Å²) in [4.78, 5) is 28.5. The largest absolute Gasteiger partial charge is 0.449 e. The van der Waals surface area contributed by atoms with Crippen molar-refractivity contribution in [2.45, 2.75) is 39.2 Å². The summed E-state index contributed by atoms with van der Waals surface area (Å²) in [7, 11) is 3.96. The Hall–Kier alpha value is -2.32. The van der Waals surface area contributed by atoms with E-state index in [1.807, 2.05) is 55.9 Å². The Morgan fingerprint density at radius 3 is 2.74 bits per heavy atom. The maximum absolute atomic E-state index is 12.4. The lowest BCUT2D eigenvalue weighted by Gasteiger charge is -2.23. The first-order valence-corrected chi connectivity index (χ1v) is 11.3. The molecule has 0 radical (unpaired) electrons. The summed E-state index contributed by atoms with van der Waals surface area (Å²) in [5.41, 5.74) is 4.88. The maximum atomic E-state index is 12.4. The number of anilines is 2. The lowest BCUT2D eigenvalue weighted by atomic mass is 9.97. The van der Waals surface area contributed by atoms with E-state index in [1.54, 1.807) is 0 Å². The molecule has 1 aliphatic heterocycles. The molecular formula is C23H29BBrN3O3. The Bertz CT molecular complexity index is 967. The molecule has 6 nitrogen and oxygen atoms in total. The van der Waals surface area contributed by atoms with Gasteiger partial charge in [-0.3, -0.25) is 10.1 Å². The molecule has 164 valence electrons. The van der Waals surface area contributed by atoms with Gasteiger partial charge in [-0.2, -0.15) is 0 Å². The van der Waals surface area contributed by atoms with Gasteiger partial charge >= 0.3 is 6.09 Å². The molecule has 1 atom stereocenters. The molecule has 31 heavy (non-hydrogen) atoms. The summed E-state index contributed by atoms with van der Waals surface area (Å²) in [6, 6.07) is 11.8. The van der Waals surface area contributed by atoms with E-state index in [9.17, 15) is 9.59 Å². The Morgan fingerprint density at radius 2 is 2.10 bits per heavy atom. The third-order valence-electron chi connectivity index (χ3n) is 5.40. The van der Waals surface area contributed by atoms with E-state index in [4.69, 9.17) is 4.74 Å². The molecule has 2 aromatic carbocycles. The third-order valence-corrected chi connectivity index (χ3v) is 5.90. The van der Waals surface area contributed by atoms with Crippen molar-refractivity contribution in [3.8, 4) is 0 Å². The number of nitrogens with one attached hydrogen (secondary N) is 1. The van der Waals surface area contributed by atoms with Crippen molar-refractivity contribution in [2.75, 3.05) is 30.4 Å². The average Bonchev–Trinajstić information content (AvgIpc) is 3.11. The number of amides is 2. The summed E-state index contributed by atoms with van der Waals surface area (Å²) in [5, 5.41) is 2.82. The van der Waals surface area contributed by atoms with E-state index in [1.165, 1.54) is 0 Å². The molecule has 0 spiro atoms. The van der Waals surface area contributed by atoms with Crippen molar-refractivity contribution < 1.29 is 14.3 Å². The molecule has 0 unspecified atom stereocenters. The second-order valence-corrected chi connectivity index (χ2v) is 9.27. The fraction of sp³-hybridized carbons (Fsp3) is 0.391. The first kappa shape index (κ1) is 23.4. The number of benzene rings is 2. The third kappa shape index (κ3) is 6.11. The van der Waals surface area contributed by atoms with Crippen LogP contribution in [0.3, 0.4) is 0 Å². The van der Waals surface area contributed by atoms with Crippen molar-refractivity contribution in [2.24, 2.45) is 0 Å². The van der Waals surface area contributed by atoms with Gasteiger partial charge in [0.1, 0.15) is 0 Å². The van der Waals surface area contributed by atoms with E-state index >= 15 is 0 Å². The summed E-state index contributed by atoms with van der Waals surface area (Å²) >= 11 is 3.47. The first-order chi connectivity index (χ1) is 14.7. The molecular weight excluding hydrogens is 457 g/mol. The Balaban J connectivity index is 1.65. The topological polar surface area (TPSA) is 61.9 Å². The van der Waals surface area contributed by atoms with E-state index in [0.29, 0.717) is 25.3 Å². The minimum atomic E-state index is -0.484. The van der Waals surface area contributed by atoms with Gasteiger partial charge in [-0.1, -0.05) is 28.9 Å². The van der Waals surface area contributed by atoms with Crippen LogP contribution in [0.5, 0.6) is 0 Å². The van der Waals surface area contributed by atoms with Crippen LogP contribution in [0, 0.1) is 6.92 Å². The number of hydrogen-bond acceptors (Lipinski definition) is 4. The maximum Gasteiger partial charge on any atom is 0.411 e. The number of nitrogens with zero attached hydrogens (tertiary/aromatic N) is 2. The molecule has 1 heterocycles. The van der Waals surface area contributed by atoms with Crippen LogP contribution in [-0.4, -0.2) is 45.0 Å². The van der Waals surface area contributed by atoms with Gasteiger partial charge in [0.05, 0.1) is 6.61 Å². The highest BCUT2D eigenvalue weighted by Gasteiger charge is 2.24. The van der Waals surface area contributed by atoms with Crippen molar-refractivity contribution in [3.63, 3.8) is 0 Å². The minimum absolute atomic E-state index is 0.0895. The van der Waals surface area contributed by atoms with Gasteiger partial charge in [0, 0.05) is 41.3 Å². The van der Waals surface area contributed by atoms with Gasteiger partial charge in [-0.15, -0.1) is 0 Å². The van der Waals surface area contributed by atoms with Crippen LogP contribution in [0.1, 0.15) is 42.4 Å². The van der Waals surface area contributed by atoms with Crippen LogP contribution in [0.15, 0.2) is 40.9 Å². The SMILES string of the molecule is BN(C)Cc1cc(NC(=O)OC[C@H](C)c2ccc(Br)cc2C)ccc1N1CCCC1=O. The average molecular weight is 486 g/mol. The number of hydrogen-bond donors (Lipinski definition) is 1. The minimum Gasteiger partial charge on any atom is -0.449 e. The number of carbonyl (C=O) groups is 2. The molecule has 3 rings (SSSR count). The molecule has 1 aliphatic rings. The Labute approximate surface area is 193 Å². The molecule has 1 N–H and O–H groups in total. The van der Waals surface area contributed by atoms with Gasteiger partial charge in [-0.05, 0) is 67.4 Å². The molecule has 0 aliphatic carbocycles. The number of carbonyl (C=O) groups excluding carboxylic acids is 2. The van der Waals surface area contributed by atoms with Gasteiger partial charge in [0.25, 0.3) is 0 Å². The van der Waals surface area contributed by atoms with Crippen LogP contribution in [0.2, 0.25) is 0 Å². The van der Waals surface area contributed by atoms with Crippen molar-refractivity contribution in [1.82, 2.24) is 4.81 Å². The molecule has 1 fully saturated rings. The Kier molecular flexibility index (Phi) is 7.78. The smallest absolute Gasteiger partial charge is 0.411 e. The molecule has 1 saturated heterocycles. The summed E-state index contributed by atoms with van der Waals surface area (Å²) < 4.78 is 6.51. The van der Waals surface area contributed by atoms with Crippen LogP contribution in [0.4, 0.5) is 16.2 Å². The standard InChI is InChI=1S/C23H29BBrN3O3/c1-15-11-18(25)6-8-20(15)16(2)14-31-23(30)26-19-7-9-21(17(12-19)13-27(3)24)28-10-4-5-22(28)29/h6-9,11-12,16H,4-5,10,13-14,24H2,1-3H3,(H,26,30)/t16-/m0/s1. The van der Waals surface area contributed by atoms with Gasteiger partial charge in [0.2, 0.25) is 5.91 Å². The second kappa shape index (κ2) is 10.3. The number of aryl methyl sites for hydroxylation is 1. The first-order valence-electron chi connectivity index (χ1n) is 10.5. The summed E-state index contributed by atoms with van der Waals surface area (Å²) in [6.07, 6.45) is 0.981. The normalized spacial score (nSPS) is 14.7. The highest BCUT2D eigenvalue weighted by molar-refractivity contribution is 9.10. The molecule has 0 aromatic heterocycles. The van der Waals surface area contributed by atoms with Crippen LogP contribution in [0.25, 0.3) is 0 Å². The van der Waals surface area contributed by atoms with Crippen LogP contribution in [-0.2, 0) is 16.1 Å². The van der Waals surface area contributed by atoms with E-state index in [0.717, 1.165) is 39.8 Å². The number of halogens is 1. The predicted octanol–water partition coefficient (Wildman–Crippen LogP) is 4.22. The zero-order chi connectivity index (χ0) is 22.5. The highest BCUT2D eigenvalue weighted by Crippen LogP contribution is 2.29. The zero-order valence-corrected chi connectivity index (χ0v) is 20.2. The van der Waals surface area contributed by atoms with E-state index < -0.39 is 6.09 Å². The number of rotatable bonds is 7. The van der Waals surface area contributed by atoms with Crippen LogP contribution < -0.4 is 10.2 Å². The Morgan fingerprint density at radius 1 is 1.32 bits per heavy atom. The van der Waals surface area contributed by atoms with E-state index in [2.05, 4.69) is 40.3 Å². The van der Waals surface area contributed by atoms with Crippen molar-refractivity contribution in [3.05, 3.63) is 57.6 Å². The quantitative estimate of drug-likeness (QED) is 0.596. The summed E-state index contributed by atoms with van der Waals surface area (Å²) in [6.45, 7) is 5.79. The lowest BCUT2D eigenvalue weighted by Crippen LogP contribution is -2.26. The van der Waals surface area contributed by atoms with Gasteiger partial charge < -0.3 is 14.4 Å². The fourth-order valence-electron chi connectivity index (χ4n) is 3.93. The highest BCUT2D eigenvalue weighted by atomic mass is 79.9. The lowest BCUT2D eigenvalue weighted by molar-refractivity contribution is -0.117. The molecule has 2 amide bonds. The van der Waals surface area contributed by atoms with Crippen molar-refractivity contribution >= 4 is 47.3 Å². The summed E-state index contributed by atoms with van der Waals surface area (Å²) in [5.74, 6) is 0.240. The van der Waals surface area contributed by atoms with Gasteiger partial charge in [-0.25, -0.2) is 4.79 Å². The zero-order valence-electron chi connectivity index (χ0n) is 18.6. The second-order valence-electron chi connectivity index (χ2n) is 8.36. The van der Waals surface area contributed by atoms with E-state index in [-0.39, 0.29) is 11.8 Å². The van der Waals surface area contributed by atoms with Crippen LogP contribution >= 0.6 is 15.9 Å². The fourth-order valence-corrected chi connectivity index (χ4v) is 4.41. The number of ether oxygens (including phenoxy) is 1.